The molecule has 9 nitrogen and oxygen atoms in total. The summed E-state index contributed by atoms with van der Waals surface area (Å²) in [5, 5.41) is 11.4. The highest BCUT2D eigenvalue weighted by molar-refractivity contribution is 9.10. The molecule has 0 unspecified atom stereocenters. The zero-order valence-corrected chi connectivity index (χ0v) is 31.1. The lowest BCUT2D eigenvalue weighted by atomic mass is 9.51. The molecule has 3 saturated heterocycles. The van der Waals surface area contributed by atoms with E-state index in [2.05, 4.69) is 33.0 Å². The molecule has 4 fully saturated rings. The van der Waals surface area contributed by atoms with Gasteiger partial charge in [-0.15, -0.1) is 0 Å². The van der Waals surface area contributed by atoms with Crippen molar-refractivity contribution in [1.29, 1.82) is 0 Å². The molecule has 8 rings (SSSR count). The number of anilines is 1. The topological polar surface area (TPSA) is 107 Å². The molecule has 0 spiro atoms. The first kappa shape index (κ1) is 35.0. The molecule has 12 heteroatoms. The van der Waals surface area contributed by atoms with Crippen molar-refractivity contribution in [3.63, 3.8) is 0 Å². The van der Waals surface area contributed by atoms with E-state index >= 15 is 0 Å². The molecule has 2 aliphatic carbocycles. The van der Waals surface area contributed by atoms with E-state index in [0.717, 1.165) is 36.2 Å². The molecule has 3 heterocycles. The van der Waals surface area contributed by atoms with Crippen molar-refractivity contribution in [1.82, 2.24) is 9.80 Å². The van der Waals surface area contributed by atoms with Crippen LogP contribution in [0.1, 0.15) is 49.7 Å². The lowest BCUT2D eigenvalue weighted by molar-refractivity contribution is -0.144. The third kappa shape index (κ3) is 5.33. The monoisotopic (exact) mass is 789 g/mol. The van der Waals surface area contributed by atoms with Gasteiger partial charge < -0.3 is 9.84 Å². The van der Waals surface area contributed by atoms with E-state index in [-0.39, 0.29) is 46.5 Å². The Balaban J connectivity index is 1.16. The van der Waals surface area contributed by atoms with Gasteiger partial charge in [-0.05, 0) is 74.4 Å². The Kier molecular flexibility index (Phi) is 8.82. The highest BCUT2D eigenvalue weighted by atomic mass is 79.9. The number of piperidine rings is 1. The number of methoxy groups -OCH3 is 1. The number of phenolic OH excluding ortho intramolecular Hbond substituents is 1. The van der Waals surface area contributed by atoms with Gasteiger partial charge in [0.2, 0.25) is 23.6 Å². The maximum absolute atomic E-state index is 14.7. The maximum Gasteiger partial charge on any atom is 0.241 e. The van der Waals surface area contributed by atoms with E-state index in [4.69, 9.17) is 16.3 Å². The summed E-state index contributed by atoms with van der Waals surface area (Å²) in [6, 6.07) is 17.0. The standard InChI is InChI=1S/C40H38BrClFN3O6/c1-40-29(37(49)46(39(40)51)24-8-11-31(43)30(42)18-24)19-27-25(34(40)28-16-22(41)17-32(52-2)35(28)47)9-10-26-33(27)38(50)45(36(26)48)23-12-14-44(15-13-23)20-21-6-4-3-5-7-21/h3-9,11,16-18,23,26-27,29,33-34,47H,10,12-15,19-20H2,1-2H3/t26-,27+,29-,33-,34+,40+/m0/s1. The van der Waals surface area contributed by atoms with Crippen molar-refractivity contribution in [3.05, 3.63) is 98.8 Å². The van der Waals surface area contributed by atoms with Crippen LogP contribution in [-0.2, 0) is 25.7 Å². The molecular formula is C40H38BrClFN3O6. The van der Waals surface area contributed by atoms with Crippen molar-refractivity contribution in [3.8, 4) is 11.5 Å². The van der Waals surface area contributed by atoms with Crippen molar-refractivity contribution >= 4 is 56.8 Å². The van der Waals surface area contributed by atoms with Gasteiger partial charge in [0.15, 0.2) is 11.5 Å². The number of allylic oxidation sites excluding steroid dienone is 2. The number of fused-ring (bicyclic) bond motifs is 4. The summed E-state index contributed by atoms with van der Waals surface area (Å²) in [6.45, 7) is 4.04. The van der Waals surface area contributed by atoms with Gasteiger partial charge in [-0.2, -0.15) is 0 Å². The summed E-state index contributed by atoms with van der Waals surface area (Å²) in [6.07, 6.45) is 3.76. The van der Waals surface area contributed by atoms with E-state index in [1.807, 2.05) is 24.3 Å². The van der Waals surface area contributed by atoms with Crippen LogP contribution in [0, 0.1) is 34.9 Å². The Morgan fingerprint density at radius 3 is 2.40 bits per heavy atom. The third-order valence-electron chi connectivity index (χ3n) is 12.2. The number of hydrogen-bond donors (Lipinski definition) is 1. The molecule has 6 atom stereocenters. The van der Waals surface area contributed by atoms with E-state index in [0.29, 0.717) is 29.3 Å². The number of ether oxygens (including phenoxy) is 1. The second-order valence-corrected chi connectivity index (χ2v) is 16.2. The molecule has 3 aliphatic heterocycles. The molecule has 0 bridgehead atoms. The number of amides is 4. The number of nitrogens with zero attached hydrogens (tertiary/aromatic N) is 3. The summed E-state index contributed by atoms with van der Waals surface area (Å²) in [5.41, 5.74) is 1.06. The average molecular weight is 791 g/mol. The first-order valence-corrected chi connectivity index (χ1v) is 18.8. The van der Waals surface area contributed by atoms with Gasteiger partial charge in [-0.25, -0.2) is 9.29 Å². The number of benzene rings is 3. The van der Waals surface area contributed by atoms with Crippen molar-refractivity contribution in [2.24, 2.45) is 29.1 Å². The minimum Gasteiger partial charge on any atom is -0.504 e. The van der Waals surface area contributed by atoms with Crippen molar-refractivity contribution < 1.29 is 33.4 Å². The van der Waals surface area contributed by atoms with Crippen LogP contribution >= 0.6 is 27.5 Å². The summed E-state index contributed by atoms with van der Waals surface area (Å²) in [7, 11) is 1.43. The minimum atomic E-state index is -1.41. The fraction of sp³-hybridized carbons (Fsp3) is 0.400. The van der Waals surface area contributed by atoms with Crippen LogP contribution in [0.4, 0.5) is 10.1 Å². The average Bonchev–Trinajstić information content (AvgIpc) is 3.50. The van der Waals surface area contributed by atoms with Crippen LogP contribution in [0.15, 0.2) is 76.8 Å². The maximum atomic E-state index is 14.7. The number of hydrogen-bond acceptors (Lipinski definition) is 7. The molecular weight excluding hydrogens is 753 g/mol. The lowest BCUT2D eigenvalue weighted by Gasteiger charge is -2.49. The van der Waals surface area contributed by atoms with E-state index in [9.17, 15) is 28.7 Å². The molecule has 3 aromatic rings. The summed E-state index contributed by atoms with van der Waals surface area (Å²) in [4.78, 5) is 62.8. The number of imide groups is 2. The molecule has 1 N–H and O–H groups in total. The molecule has 0 aromatic heterocycles. The van der Waals surface area contributed by atoms with Gasteiger partial charge in [0.25, 0.3) is 0 Å². The smallest absolute Gasteiger partial charge is 0.241 e. The van der Waals surface area contributed by atoms with Gasteiger partial charge in [0.05, 0.1) is 41.0 Å². The van der Waals surface area contributed by atoms with Crippen LogP contribution in [0.2, 0.25) is 5.02 Å². The fourth-order valence-corrected chi connectivity index (χ4v) is 10.4. The van der Waals surface area contributed by atoms with Gasteiger partial charge in [-0.3, -0.25) is 29.0 Å². The summed E-state index contributed by atoms with van der Waals surface area (Å²) >= 11 is 9.65. The first-order chi connectivity index (χ1) is 24.9. The minimum absolute atomic E-state index is 0.138. The molecule has 270 valence electrons. The zero-order chi connectivity index (χ0) is 36.6. The molecule has 5 aliphatic rings. The van der Waals surface area contributed by atoms with Crippen LogP contribution < -0.4 is 9.64 Å². The highest BCUT2D eigenvalue weighted by Crippen LogP contribution is 2.65. The Morgan fingerprint density at radius 1 is 0.981 bits per heavy atom. The van der Waals surface area contributed by atoms with Gasteiger partial charge >= 0.3 is 0 Å². The number of aromatic hydroxyl groups is 1. The van der Waals surface area contributed by atoms with E-state index in [1.165, 1.54) is 29.7 Å². The van der Waals surface area contributed by atoms with Crippen LogP contribution in [0.5, 0.6) is 11.5 Å². The number of carbonyl (C=O) groups is 4. The van der Waals surface area contributed by atoms with E-state index < -0.39 is 52.6 Å². The molecule has 1 saturated carbocycles. The molecule has 4 amide bonds. The Morgan fingerprint density at radius 2 is 1.71 bits per heavy atom. The van der Waals surface area contributed by atoms with Crippen molar-refractivity contribution in [2.75, 3.05) is 25.1 Å². The van der Waals surface area contributed by atoms with Gasteiger partial charge in [-0.1, -0.05) is 69.5 Å². The quantitative estimate of drug-likeness (QED) is 0.215. The largest absolute Gasteiger partial charge is 0.504 e. The number of halogens is 3. The zero-order valence-electron chi connectivity index (χ0n) is 28.7. The fourth-order valence-electron chi connectivity index (χ4n) is 9.76. The number of rotatable bonds is 6. The second-order valence-electron chi connectivity index (χ2n) is 14.8. The van der Waals surface area contributed by atoms with Gasteiger partial charge in [0.1, 0.15) is 5.82 Å². The molecule has 52 heavy (non-hydrogen) atoms. The predicted molar refractivity (Wildman–Crippen MR) is 195 cm³/mol. The third-order valence-corrected chi connectivity index (χ3v) is 13.0. The Bertz CT molecular complexity index is 2040. The number of carbonyl (C=O) groups excluding carboxylic acids is 4. The van der Waals surface area contributed by atoms with Crippen LogP contribution in [0.3, 0.4) is 0 Å². The molecule has 0 radical (unpaired) electrons. The SMILES string of the molecule is COc1cc(Br)cc([C@H]2C3=CC[C@@H]4C(=O)N(C5CCN(Cc6ccccc6)CC5)C(=O)[C@@H]4[C@@H]3C[C@H]3C(=O)N(c4ccc(F)c(Cl)c4)C(=O)[C@@]23C)c1O. The summed E-state index contributed by atoms with van der Waals surface area (Å²) < 4.78 is 20.3. The number of likely N-dealkylation sites (tertiary alicyclic amines) is 2. The van der Waals surface area contributed by atoms with Crippen LogP contribution in [-0.4, -0.2) is 64.8 Å². The normalized spacial score (nSPS) is 29.2. The number of phenols is 1. The first-order valence-electron chi connectivity index (χ1n) is 17.7. The molecule has 3 aromatic carbocycles. The summed E-state index contributed by atoms with van der Waals surface area (Å²) in [5.74, 6) is -5.73. The van der Waals surface area contributed by atoms with Crippen molar-refractivity contribution in [2.45, 2.75) is 51.1 Å². The Labute approximate surface area is 314 Å². The highest BCUT2D eigenvalue weighted by Gasteiger charge is 2.68. The predicted octanol–water partition coefficient (Wildman–Crippen LogP) is 6.85. The van der Waals surface area contributed by atoms with Crippen LogP contribution in [0.25, 0.3) is 0 Å². The van der Waals surface area contributed by atoms with Gasteiger partial charge in [0, 0.05) is 41.6 Å². The lowest BCUT2D eigenvalue weighted by Crippen LogP contribution is -2.49. The van der Waals surface area contributed by atoms with E-state index in [1.54, 1.807) is 19.1 Å². The second kappa shape index (κ2) is 13.1. The Hall–Kier alpha value is -4.06.